The second-order valence-electron chi connectivity index (χ2n) is 4.54. The Labute approximate surface area is 117 Å². The van der Waals surface area contributed by atoms with Crippen molar-refractivity contribution in [1.82, 2.24) is 0 Å². The molecule has 0 radical (unpaired) electrons. The number of carbonyl (C=O) groups is 1. The van der Waals surface area contributed by atoms with E-state index in [1.807, 2.05) is 25.1 Å². The molecule has 0 saturated heterocycles. The van der Waals surface area contributed by atoms with E-state index in [4.69, 9.17) is 14.6 Å². The summed E-state index contributed by atoms with van der Waals surface area (Å²) in [5.74, 6) is 0.877. The molecule has 0 amide bonds. The summed E-state index contributed by atoms with van der Waals surface area (Å²) in [6.07, 6.45) is 0. The Kier molecular flexibility index (Phi) is 3.94. The van der Waals surface area contributed by atoms with Gasteiger partial charge in [0.15, 0.2) is 11.5 Å². The third kappa shape index (κ3) is 2.91. The largest absolute Gasteiger partial charge is 0.493 e. The molecule has 0 unspecified atom stereocenters. The molecule has 0 aromatic heterocycles. The summed E-state index contributed by atoms with van der Waals surface area (Å²) in [5, 5.41) is 9.00. The summed E-state index contributed by atoms with van der Waals surface area (Å²) in [5.41, 5.74) is 2.00. The zero-order chi connectivity index (χ0) is 14.7. The Morgan fingerprint density at radius 2 is 1.80 bits per heavy atom. The quantitative estimate of drug-likeness (QED) is 0.919. The van der Waals surface area contributed by atoms with E-state index >= 15 is 0 Å². The number of carboxylic acid groups (broad SMARTS) is 1. The maximum atomic E-state index is 11.0. The van der Waals surface area contributed by atoms with Crippen molar-refractivity contribution in [2.75, 3.05) is 7.11 Å². The molecule has 0 saturated carbocycles. The van der Waals surface area contributed by atoms with Crippen molar-refractivity contribution in [3.05, 3.63) is 53.1 Å². The maximum absolute atomic E-state index is 11.0. The van der Waals surface area contributed by atoms with Crippen molar-refractivity contribution in [2.45, 2.75) is 13.8 Å². The van der Waals surface area contributed by atoms with Crippen molar-refractivity contribution >= 4 is 5.97 Å². The van der Waals surface area contributed by atoms with Crippen LogP contribution in [-0.2, 0) is 0 Å². The minimum Gasteiger partial charge on any atom is -0.493 e. The molecule has 2 aromatic carbocycles. The van der Waals surface area contributed by atoms with E-state index in [0.717, 1.165) is 5.56 Å². The van der Waals surface area contributed by atoms with E-state index in [0.29, 0.717) is 22.8 Å². The number of aryl methyl sites for hydroxylation is 2. The monoisotopic (exact) mass is 272 g/mol. The standard InChI is InChI=1S/C16H16O4/c1-10-4-7-14(15(8-10)19-3)20-12-5-6-13(16(17)18)11(2)9-12/h4-9H,1-3H3,(H,17,18). The second-order valence-corrected chi connectivity index (χ2v) is 4.54. The molecule has 0 heterocycles. The molecule has 1 N–H and O–H groups in total. The summed E-state index contributed by atoms with van der Waals surface area (Å²) < 4.78 is 11.0. The van der Waals surface area contributed by atoms with E-state index < -0.39 is 5.97 Å². The van der Waals surface area contributed by atoms with Gasteiger partial charge >= 0.3 is 5.97 Å². The lowest BCUT2D eigenvalue weighted by molar-refractivity contribution is 0.0696. The smallest absolute Gasteiger partial charge is 0.335 e. The lowest BCUT2D eigenvalue weighted by Crippen LogP contribution is -1.99. The van der Waals surface area contributed by atoms with E-state index in [1.165, 1.54) is 6.07 Å². The number of hydrogen-bond acceptors (Lipinski definition) is 3. The first-order valence-corrected chi connectivity index (χ1v) is 6.17. The molecule has 0 aliphatic carbocycles. The number of carboxylic acids is 1. The number of hydrogen-bond donors (Lipinski definition) is 1. The van der Waals surface area contributed by atoms with Gasteiger partial charge in [0.05, 0.1) is 12.7 Å². The van der Waals surface area contributed by atoms with Crippen LogP contribution in [0.4, 0.5) is 0 Å². The zero-order valence-corrected chi connectivity index (χ0v) is 11.6. The van der Waals surface area contributed by atoms with Gasteiger partial charge in [0.1, 0.15) is 5.75 Å². The van der Waals surface area contributed by atoms with Crippen LogP contribution in [0.2, 0.25) is 0 Å². The van der Waals surface area contributed by atoms with Gasteiger partial charge in [-0.25, -0.2) is 4.79 Å². The summed E-state index contributed by atoms with van der Waals surface area (Å²) >= 11 is 0. The van der Waals surface area contributed by atoms with Gasteiger partial charge < -0.3 is 14.6 Å². The predicted molar refractivity (Wildman–Crippen MR) is 75.9 cm³/mol. The number of rotatable bonds is 4. The number of benzene rings is 2. The zero-order valence-electron chi connectivity index (χ0n) is 11.6. The van der Waals surface area contributed by atoms with E-state index in [2.05, 4.69) is 0 Å². The number of methoxy groups -OCH3 is 1. The van der Waals surface area contributed by atoms with E-state index in [1.54, 1.807) is 26.2 Å². The van der Waals surface area contributed by atoms with Gasteiger partial charge in [0.2, 0.25) is 0 Å². The van der Waals surface area contributed by atoms with Gasteiger partial charge in [-0.1, -0.05) is 6.07 Å². The Hall–Kier alpha value is -2.49. The average molecular weight is 272 g/mol. The molecule has 0 aliphatic heterocycles. The fourth-order valence-electron chi connectivity index (χ4n) is 1.93. The van der Waals surface area contributed by atoms with Crippen molar-refractivity contribution in [1.29, 1.82) is 0 Å². The van der Waals surface area contributed by atoms with Crippen LogP contribution in [0.15, 0.2) is 36.4 Å². The third-order valence-electron chi connectivity index (χ3n) is 2.98. The molecule has 4 nitrogen and oxygen atoms in total. The minimum atomic E-state index is -0.943. The van der Waals surface area contributed by atoms with Crippen LogP contribution in [0.3, 0.4) is 0 Å². The highest BCUT2D eigenvalue weighted by Gasteiger charge is 2.10. The summed E-state index contributed by atoms with van der Waals surface area (Å²) in [7, 11) is 1.58. The molecule has 0 spiro atoms. The Bertz CT molecular complexity index is 647. The lowest BCUT2D eigenvalue weighted by atomic mass is 10.1. The van der Waals surface area contributed by atoms with Crippen LogP contribution >= 0.6 is 0 Å². The maximum Gasteiger partial charge on any atom is 0.335 e. The molecule has 2 rings (SSSR count). The molecular weight excluding hydrogens is 256 g/mol. The highest BCUT2D eigenvalue weighted by Crippen LogP contribution is 2.32. The molecule has 0 atom stereocenters. The molecule has 0 bridgehead atoms. The number of ether oxygens (including phenoxy) is 2. The van der Waals surface area contributed by atoms with Crippen LogP contribution in [-0.4, -0.2) is 18.2 Å². The molecule has 20 heavy (non-hydrogen) atoms. The number of aromatic carboxylic acids is 1. The van der Waals surface area contributed by atoms with Gasteiger partial charge in [-0.3, -0.25) is 0 Å². The van der Waals surface area contributed by atoms with Crippen LogP contribution in [0.1, 0.15) is 21.5 Å². The van der Waals surface area contributed by atoms with Crippen molar-refractivity contribution in [3.63, 3.8) is 0 Å². The topological polar surface area (TPSA) is 55.8 Å². The van der Waals surface area contributed by atoms with Crippen LogP contribution in [0, 0.1) is 13.8 Å². The lowest BCUT2D eigenvalue weighted by Gasteiger charge is -2.12. The molecule has 4 heteroatoms. The van der Waals surface area contributed by atoms with Gasteiger partial charge in [0.25, 0.3) is 0 Å². The first-order chi connectivity index (χ1) is 9.51. The highest BCUT2D eigenvalue weighted by molar-refractivity contribution is 5.89. The molecule has 0 aliphatic rings. The van der Waals surface area contributed by atoms with Crippen molar-refractivity contribution < 1.29 is 19.4 Å². The highest BCUT2D eigenvalue weighted by atomic mass is 16.5. The van der Waals surface area contributed by atoms with Gasteiger partial charge in [-0.2, -0.15) is 0 Å². The van der Waals surface area contributed by atoms with E-state index in [9.17, 15) is 4.79 Å². The normalized spacial score (nSPS) is 10.2. The third-order valence-corrected chi connectivity index (χ3v) is 2.98. The summed E-state index contributed by atoms with van der Waals surface area (Å²) in [6.45, 7) is 3.71. The SMILES string of the molecule is COc1cc(C)ccc1Oc1ccc(C(=O)O)c(C)c1. The predicted octanol–water partition coefficient (Wildman–Crippen LogP) is 3.80. The fourth-order valence-corrected chi connectivity index (χ4v) is 1.93. The van der Waals surface area contributed by atoms with Gasteiger partial charge in [-0.05, 0) is 55.3 Å². The molecular formula is C16H16O4. The first kappa shape index (κ1) is 13.9. The summed E-state index contributed by atoms with van der Waals surface area (Å²) in [4.78, 5) is 11.0. The van der Waals surface area contributed by atoms with Crippen LogP contribution < -0.4 is 9.47 Å². The van der Waals surface area contributed by atoms with E-state index in [-0.39, 0.29) is 5.56 Å². The van der Waals surface area contributed by atoms with Crippen LogP contribution in [0.25, 0.3) is 0 Å². The Morgan fingerprint density at radius 3 is 2.40 bits per heavy atom. The minimum absolute atomic E-state index is 0.272. The molecule has 0 fully saturated rings. The van der Waals surface area contributed by atoms with Crippen molar-refractivity contribution in [2.24, 2.45) is 0 Å². The Morgan fingerprint density at radius 1 is 1.05 bits per heavy atom. The summed E-state index contributed by atoms with van der Waals surface area (Å²) in [6, 6.07) is 10.5. The van der Waals surface area contributed by atoms with Gasteiger partial charge in [-0.15, -0.1) is 0 Å². The Balaban J connectivity index is 2.31. The van der Waals surface area contributed by atoms with Gasteiger partial charge in [0, 0.05) is 0 Å². The first-order valence-electron chi connectivity index (χ1n) is 6.17. The molecule has 104 valence electrons. The average Bonchev–Trinajstić information content (AvgIpc) is 2.40. The second kappa shape index (κ2) is 5.65. The molecule has 2 aromatic rings. The van der Waals surface area contributed by atoms with Crippen LogP contribution in [0.5, 0.6) is 17.2 Å². The fraction of sp³-hybridized carbons (Fsp3) is 0.188. The van der Waals surface area contributed by atoms with Crippen molar-refractivity contribution in [3.8, 4) is 17.2 Å².